The highest BCUT2D eigenvalue weighted by Gasteiger charge is 2.19. The predicted octanol–water partition coefficient (Wildman–Crippen LogP) is 2.28. The lowest BCUT2D eigenvalue weighted by molar-refractivity contribution is 0.461. The van der Waals surface area contributed by atoms with Crippen molar-refractivity contribution in [2.75, 3.05) is 0 Å². The molecule has 0 bridgehead atoms. The highest BCUT2D eigenvalue weighted by atomic mass is 15.3. The molecule has 0 aliphatic heterocycles. The summed E-state index contributed by atoms with van der Waals surface area (Å²) < 4.78 is 3.95. The lowest BCUT2D eigenvalue weighted by Gasteiger charge is -2.10. The highest BCUT2D eigenvalue weighted by Crippen LogP contribution is 2.29. The van der Waals surface area contributed by atoms with E-state index < -0.39 is 0 Å². The van der Waals surface area contributed by atoms with Crippen LogP contribution in [-0.2, 0) is 13.5 Å². The van der Waals surface area contributed by atoms with Crippen LogP contribution in [0.25, 0.3) is 0 Å². The zero-order valence-electron chi connectivity index (χ0n) is 12.3. The molecule has 1 unspecified atom stereocenters. The molecule has 0 aromatic carbocycles. The first-order valence-electron chi connectivity index (χ1n) is 7.43. The highest BCUT2D eigenvalue weighted by molar-refractivity contribution is 5.21. The van der Waals surface area contributed by atoms with Gasteiger partial charge in [-0.25, -0.2) is 0 Å². The second kappa shape index (κ2) is 5.40. The van der Waals surface area contributed by atoms with Crippen LogP contribution in [0.15, 0.2) is 18.5 Å². The van der Waals surface area contributed by atoms with Crippen molar-refractivity contribution >= 4 is 0 Å². The normalized spacial score (nSPS) is 17.8. The Labute approximate surface area is 119 Å². The van der Waals surface area contributed by atoms with Crippen molar-refractivity contribution in [3.63, 3.8) is 0 Å². The Balaban J connectivity index is 1.69. The molecule has 20 heavy (non-hydrogen) atoms. The van der Waals surface area contributed by atoms with Gasteiger partial charge < -0.3 is 5.73 Å². The number of rotatable bonds is 4. The van der Waals surface area contributed by atoms with Crippen molar-refractivity contribution in [2.24, 2.45) is 12.8 Å². The Morgan fingerprint density at radius 3 is 2.75 bits per heavy atom. The van der Waals surface area contributed by atoms with E-state index in [1.54, 1.807) is 0 Å². The maximum absolute atomic E-state index is 6.30. The zero-order valence-corrected chi connectivity index (χ0v) is 12.3. The Kier molecular flexibility index (Phi) is 3.61. The first kappa shape index (κ1) is 13.4. The smallest absolute Gasteiger partial charge is 0.0643 e. The Bertz CT molecular complexity index is 577. The molecule has 1 fully saturated rings. The van der Waals surface area contributed by atoms with Gasteiger partial charge in [0, 0.05) is 37.5 Å². The average Bonchev–Trinajstić information content (AvgIpc) is 3.09. The number of aryl methyl sites for hydroxylation is 2. The van der Waals surface area contributed by atoms with E-state index in [4.69, 9.17) is 10.8 Å². The van der Waals surface area contributed by atoms with Gasteiger partial charge in [-0.1, -0.05) is 12.8 Å². The van der Waals surface area contributed by atoms with Crippen LogP contribution in [0.3, 0.4) is 0 Å². The molecule has 2 aromatic heterocycles. The van der Waals surface area contributed by atoms with Crippen LogP contribution < -0.4 is 5.73 Å². The van der Waals surface area contributed by atoms with E-state index in [1.807, 2.05) is 24.9 Å². The third-order valence-electron chi connectivity index (χ3n) is 4.24. The van der Waals surface area contributed by atoms with Crippen LogP contribution in [0.4, 0.5) is 0 Å². The minimum Gasteiger partial charge on any atom is -0.324 e. The lowest BCUT2D eigenvalue weighted by Crippen LogP contribution is -2.15. The monoisotopic (exact) mass is 273 g/mol. The maximum Gasteiger partial charge on any atom is 0.0643 e. The minimum atomic E-state index is -0.0318. The quantitative estimate of drug-likeness (QED) is 0.929. The summed E-state index contributed by atoms with van der Waals surface area (Å²) in [4.78, 5) is 0. The molecule has 2 N–H and O–H groups in total. The van der Waals surface area contributed by atoms with Gasteiger partial charge in [0.1, 0.15) is 0 Å². The molecule has 1 saturated carbocycles. The van der Waals surface area contributed by atoms with E-state index in [-0.39, 0.29) is 6.04 Å². The van der Waals surface area contributed by atoms with Gasteiger partial charge in [0.25, 0.3) is 0 Å². The third-order valence-corrected chi connectivity index (χ3v) is 4.24. The van der Waals surface area contributed by atoms with E-state index in [0.29, 0.717) is 6.04 Å². The molecule has 0 radical (unpaired) electrons. The molecule has 2 heterocycles. The molecule has 5 heteroatoms. The number of aromatic nitrogens is 4. The average molecular weight is 273 g/mol. The first-order chi connectivity index (χ1) is 9.63. The topological polar surface area (TPSA) is 61.7 Å². The van der Waals surface area contributed by atoms with Crippen molar-refractivity contribution in [2.45, 2.75) is 51.1 Å². The molecule has 1 atom stereocenters. The molecule has 2 aromatic rings. The van der Waals surface area contributed by atoms with Crippen LogP contribution in [0.2, 0.25) is 0 Å². The summed E-state index contributed by atoms with van der Waals surface area (Å²) in [5, 5.41) is 9.06. The summed E-state index contributed by atoms with van der Waals surface area (Å²) in [6.07, 6.45) is 10.1. The Hall–Kier alpha value is -1.62. The molecular formula is C15H23N5. The van der Waals surface area contributed by atoms with Gasteiger partial charge in [-0.2, -0.15) is 10.2 Å². The molecule has 0 spiro atoms. The fraction of sp³-hybridized carbons (Fsp3) is 0.600. The summed E-state index contributed by atoms with van der Waals surface area (Å²) in [5.74, 6) is 0. The van der Waals surface area contributed by atoms with Crippen molar-refractivity contribution < 1.29 is 0 Å². The number of hydrogen-bond donors (Lipinski definition) is 1. The summed E-state index contributed by atoms with van der Waals surface area (Å²) >= 11 is 0. The number of hydrogen-bond acceptors (Lipinski definition) is 3. The van der Waals surface area contributed by atoms with Gasteiger partial charge in [0.05, 0.1) is 17.4 Å². The standard InChI is InChI=1S/C15H23N5/c1-11-14(10-19(2)17-11)15(16)9-12-7-8-20(18-12)13-5-3-4-6-13/h7-8,10,13,15H,3-6,9,16H2,1-2H3. The van der Waals surface area contributed by atoms with E-state index in [1.165, 1.54) is 25.7 Å². The molecule has 1 aliphatic carbocycles. The molecule has 1 aliphatic rings. The van der Waals surface area contributed by atoms with Crippen LogP contribution in [0.5, 0.6) is 0 Å². The summed E-state index contributed by atoms with van der Waals surface area (Å²) in [7, 11) is 1.93. The van der Waals surface area contributed by atoms with Crippen LogP contribution >= 0.6 is 0 Å². The van der Waals surface area contributed by atoms with E-state index in [2.05, 4.69) is 22.0 Å². The van der Waals surface area contributed by atoms with Crippen molar-refractivity contribution in [3.05, 3.63) is 35.4 Å². The predicted molar refractivity (Wildman–Crippen MR) is 78.3 cm³/mol. The van der Waals surface area contributed by atoms with Crippen LogP contribution in [0.1, 0.15) is 54.7 Å². The zero-order chi connectivity index (χ0) is 14.1. The second-order valence-electron chi connectivity index (χ2n) is 5.88. The largest absolute Gasteiger partial charge is 0.324 e. The van der Waals surface area contributed by atoms with Gasteiger partial charge >= 0.3 is 0 Å². The van der Waals surface area contributed by atoms with E-state index >= 15 is 0 Å². The fourth-order valence-corrected chi connectivity index (χ4v) is 3.18. The SMILES string of the molecule is Cc1nn(C)cc1C(N)Cc1ccn(C2CCCC2)n1. The summed E-state index contributed by atoms with van der Waals surface area (Å²) in [5.41, 5.74) is 9.50. The van der Waals surface area contributed by atoms with Crippen molar-refractivity contribution in [1.29, 1.82) is 0 Å². The number of nitrogens with two attached hydrogens (primary N) is 1. The van der Waals surface area contributed by atoms with Gasteiger partial charge in [-0.3, -0.25) is 9.36 Å². The van der Waals surface area contributed by atoms with Crippen molar-refractivity contribution in [3.8, 4) is 0 Å². The molecule has 0 saturated heterocycles. The van der Waals surface area contributed by atoms with Crippen LogP contribution in [0, 0.1) is 6.92 Å². The second-order valence-corrected chi connectivity index (χ2v) is 5.88. The fourth-order valence-electron chi connectivity index (χ4n) is 3.18. The van der Waals surface area contributed by atoms with Crippen LogP contribution in [-0.4, -0.2) is 19.6 Å². The molecule has 0 amide bonds. The maximum atomic E-state index is 6.30. The molecule has 3 rings (SSSR count). The van der Waals surface area contributed by atoms with E-state index in [9.17, 15) is 0 Å². The van der Waals surface area contributed by atoms with Gasteiger partial charge in [0.2, 0.25) is 0 Å². The first-order valence-corrected chi connectivity index (χ1v) is 7.43. The summed E-state index contributed by atoms with van der Waals surface area (Å²) in [6, 6.07) is 2.67. The molecule has 108 valence electrons. The number of nitrogens with zero attached hydrogens (tertiary/aromatic N) is 4. The molecular weight excluding hydrogens is 250 g/mol. The third kappa shape index (κ3) is 2.63. The van der Waals surface area contributed by atoms with Gasteiger partial charge in [-0.15, -0.1) is 0 Å². The van der Waals surface area contributed by atoms with Crippen molar-refractivity contribution in [1.82, 2.24) is 19.6 Å². The van der Waals surface area contributed by atoms with Gasteiger partial charge in [-0.05, 0) is 25.8 Å². The Morgan fingerprint density at radius 2 is 2.10 bits per heavy atom. The Morgan fingerprint density at radius 1 is 1.35 bits per heavy atom. The minimum absolute atomic E-state index is 0.0318. The van der Waals surface area contributed by atoms with E-state index in [0.717, 1.165) is 23.4 Å². The summed E-state index contributed by atoms with van der Waals surface area (Å²) in [6.45, 7) is 2.01. The molecule has 5 nitrogen and oxygen atoms in total. The van der Waals surface area contributed by atoms with Gasteiger partial charge in [0.15, 0.2) is 0 Å². The lowest BCUT2D eigenvalue weighted by atomic mass is 10.0.